The molecule has 1 saturated heterocycles. The van der Waals surface area contributed by atoms with E-state index in [4.69, 9.17) is 19.8 Å². The minimum atomic E-state index is 0.184. The fourth-order valence-corrected chi connectivity index (χ4v) is 4.60. The SMILES string of the molecule is COc1nc(-c2nc(N3CCCC(c4ccccc4)C3)n(C(C)C)n2)ccc1-n1cnc(C)c1. The molecule has 1 aliphatic heterocycles. The lowest BCUT2D eigenvalue weighted by molar-refractivity contribution is 0.396. The van der Waals surface area contributed by atoms with Crippen molar-refractivity contribution >= 4 is 5.95 Å². The van der Waals surface area contributed by atoms with E-state index in [2.05, 4.69) is 54.1 Å². The summed E-state index contributed by atoms with van der Waals surface area (Å²) < 4.78 is 9.53. The van der Waals surface area contributed by atoms with Gasteiger partial charge in [-0.15, -0.1) is 5.10 Å². The molecule has 0 N–H and O–H groups in total. The Kier molecular flexibility index (Phi) is 6.04. The summed E-state index contributed by atoms with van der Waals surface area (Å²) >= 11 is 0. The minimum Gasteiger partial charge on any atom is -0.479 e. The van der Waals surface area contributed by atoms with Crippen molar-refractivity contribution in [1.29, 1.82) is 0 Å². The maximum atomic E-state index is 5.60. The number of aromatic nitrogens is 6. The Labute approximate surface area is 200 Å². The summed E-state index contributed by atoms with van der Waals surface area (Å²) in [5.74, 6) is 2.52. The van der Waals surface area contributed by atoms with Crippen LogP contribution in [0.1, 0.15) is 49.9 Å². The van der Waals surface area contributed by atoms with Gasteiger partial charge in [-0.2, -0.15) is 4.98 Å². The summed E-state index contributed by atoms with van der Waals surface area (Å²) in [4.78, 5) is 16.4. The predicted molar refractivity (Wildman–Crippen MR) is 133 cm³/mol. The first-order valence-electron chi connectivity index (χ1n) is 11.9. The summed E-state index contributed by atoms with van der Waals surface area (Å²) in [6.07, 6.45) is 6.03. The number of aryl methyl sites for hydroxylation is 1. The van der Waals surface area contributed by atoms with Gasteiger partial charge in [-0.3, -0.25) is 0 Å². The Morgan fingerprint density at radius 1 is 1.06 bits per heavy atom. The lowest BCUT2D eigenvalue weighted by atomic mass is 9.91. The Morgan fingerprint density at radius 2 is 1.88 bits per heavy atom. The van der Waals surface area contributed by atoms with E-state index in [-0.39, 0.29) is 6.04 Å². The van der Waals surface area contributed by atoms with Gasteiger partial charge in [0, 0.05) is 25.2 Å². The second-order valence-corrected chi connectivity index (χ2v) is 9.12. The van der Waals surface area contributed by atoms with Gasteiger partial charge in [0.1, 0.15) is 11.4 Å². The van der Waals surface area contributed by atoms with Crippen molar-refractivity contribution in [2.75, 3.05) is 25.1 Å². The lowest BCUT2D eigenvalue weighted by Gasteiger charge is -2.34. The molecule has 1 unspecified atom stereocenters. The normalized spacial score (nSPS) is 16.3. The molecule has 1 fully saturated rings. The average molecular weight is 458 g/mol. The molecule has 1 atom stereocenters. The van der Waals surface area contributed by atoms with Gasteiger partial charge >= 0.3 is 0 Å². The van der Waals surface area contributed by atoms with Crippen molar-refractivity contribution in [2.45, 2.75) is 45.6 Å². The van der Waals surface area contributed by atoms with E-state index in [1.807, 2.05) is 34.5 Å². The first-order valence-corrected chi connectivity index (χ1v) is 11.9. The molecule has 34 heavy (non-hydrogen) atoms. The van der Waals surface area contributed by atoms with Gasteiger partial charge in [0.15, 0.2) is 0 Å². The molecule has 0 amide bonds. The molecule has 0 saturated carbocycles. The van der Waals surface area contributed by atoms with Crippen molar-refractivity contribution in [3.8, 4) is 23.1 Å². The van der Waals surface area contributed by atoms with Crippen molar-refractivity contribution in [3.63, 3.8) is 0 Å². The van der Waals surface area contributed by atoms with Crippen LogP contribution in [0, 0.1) is 6.92 Å². The molecule has 0 radical (unpaired) electrons. The summed E-state index contributed by atoms with van der Waals surface area (Å²) in [5.41, 5.74) is 3.84. The number of hydrogen-bond acceptors (Lipinski definition) is 6. The van der Waals surface area contributed by atoms with Crippen molar-refractivity contribution < 1.29 is 4.74 Å². The summed E-state index contributed by atoms with van der Waals surface area (Å²) in [5, 5.41) is 4.86. The van der Waals surface area contributed by atoms with E-state index in [0.29, 0.717) is 23.3 Å². The van der Waals surface area contributed by atoms with Crippen LogP contribution in [0.2, 0.25) is 0 Å². The molecule has 1 aromatic carbocycles. The van der Waals surface area contributed by atoms with E-state index in [1.54, 1.807) is 13.4 Å². The first kappa shape index (κ1) is 22.1. The Morgan fingerprint density at radius 3 is 2.59 bits per heavy atom. The molecular formula is C26H31N7O. The van der Waals surface area contributed by atoms with E-state index < -0.39 is 0 Å². The quantitative estimate of drug-likeness (QED) is 0.414. The summed E-state index contributed by atoms with van der Waals surface area (Å²) in [6, 6.07) is 14.9. The number of benzene rings is 1. The molecule has 176 valence electrons. The molecule has 8 nitrogen and oxygen atoms in total. The van der Waals surface area contributed by atoms with E-state index in [1.165, 1.54) is 12.0 Å². The molecule has 4 heterocycles. The third kappa shape index (κ3) is 4.27. The number of hydrogen-bond donors (Lipinski definition) is 0. The summed E-state index contributed by atoms with van der Waals surface area (Å²) in [6.45, 7) is 8.14. The van der Waals surface area contributed by atoms with Gasteiger partial charge in [-0.25, -0.2) is 14.6 Å². The topological polar surface area (TPSA) is 73.9 Å². The molecule has 0 spiro atoms. The maximum absolute atomic E-state index is 5.60. The second kappa shape index (κ2) is 9.29. The van der Waals surface area contributed by atoms with Gasteiger partial charge in [0.25, 0.3) is 0 Å². The molecule has 0 aliphatic carbocycles. The van der Waals surface area contributed by atoms with Crippen LogP contribution < -0.4 is 9.64 Å². The highest BCUT2D eigenvalue weighted by Gasteiger charge is 2.27. The average Bonchev–Trinajstić information content (AvgIpc) is 3.51. The molecule has 8 heteroatoms. The molecule has 3 aromatic heterocycles. The first-order chi connectivity index (χ1) is 16.5. The molecule has 5 rings (SSSR count). The van der Waals surface area contributed by atoms with Crippen LogP contribution in [0.4, 0.5) is 5.95 Å². The predicted octanol–water partition coefficient (Wildman–Crippen LogP) is 4.81. The van der Waals surface area contributed by atoms with Gasteiger partial charge in [0.2, 0.25) is 17.7 Å². The zero-order chi connectivity index (χ0) is 23.7. The van der Waals surface area contributed by atoms with Crippen molar-refractivity contribution in [3.05, 3.63) is 66.2 Å². The van der Waals surface area contributed by atoms with Crippen LogP contribution >= 0.6 is 0 Å². The number of anilines is 1. The highest BCUT2D eigenvalue weighted by Crippen LogP contribution is 2.32. The Balaban J connectivity index is 1.47. The number of nitrogens with zero attached hydrogens (tertiary/aromatic N) is 7. The van der Waals surface area contributed by atoms with Crippen LogP contribution in [0.25, 0.3) is 17.2 Å². The van der Waals surface area contributed by atoms with E-state index >= 15 is 0 Å². The Bertz CT molecular complexity index is 1260. The fraction of sp³-hybridized carbons (Fsp3) is 0.385. The second-order valence-electron chi connectivity index (χ2n) is 9.12. The highest BCUT2D eigenvalue weighted by atomic mass is 16.5. The largest absolute Gasteiger partial charge is 0.479 e. The molecule has 4 aromatic rings. The number of rotatable bonds is 6. The smallest absolute Gasteiger partial charge is 0.238 e. The number of piperidine rings is 1. The van der Waals surface area contributed by atoms with Crippen LogP contribution in [0.5, 0.6) is 5.88 Å². The minimum absolute atomic E-state index is 0.184. The maximum Gasteiger partial charge on any atom is 0.238 e. The van der Waals surface area contributed by atoms with Gasteiger partial charge in [-0.05, 0) is 51.3 Å². The van der Waals surface area contributed by atoms with Crippen LogP contribution in [-0.2, 0) is 0 Å². The zero-order valence-corrected chi connectivity index (χ0v) is 20.2. The lowest BCUT2D eigenvalue weighted by Crippen LogP contribution is -2.36. The van der Waals surface area contributed by atoms with Crippen molar-refractivity contribution in [2.24, 2.45) is 0 Å². The number of pyridine rings is 1. The third-order valence-electron chi connectivity index (χ3n) is 6.33. The molecule has 0 bridgehead atoms. The standard InChI is InChI=1S/C26H31N7O/c1-18(2)33-26(31-14-8-11-21(16-31)20-9-6-5-7-10-20)29-24(30-33)22-12-13-23(25(28-22)34-4)32-15-19(3)27-17-32/h5-7,9-10,12-13,15,17-18,21H,8,11,14,16H2,1-4H3. The van der Waals surface area contributed by atoms with Gasteiger partial charge in [0.05, 0.1) is 25.2 Å². The van der Waals surface area contributed by atoms with E-state index in [9.17, 15) is 0 Å². The van der Waals surface area contributed by atoms with Crippen molar-refractivity contribution in [1.82, 2.24) is 29.3 Å². The molecular weight excluding hydrogens is 426 g/mol. The zero-order valence-electron chi connectivity index (χ0n) is 20.2. The van der Waals surface area contributed by atoms with Gasteiger partial charge in [-0.1, -0.05) is 30.3 Å². The molecule has 1 aliphatic rings. The van der Waals surface area contributed by atoms with Crippen LogP contribution in [0.15, 0.2) is 55.0 Å². The number of ether oxygens (including phenoxy) is 1. The van der Waals surface area contributed by atoms with Crippen LogP contribution in [0.3, 0.4) is 0 Å². The Hall–Kier alpha value is -3.68. The highest BCUT2D eigenvalue weighted by molar-refractivity contribution is 5.57. The fourth-order valence-electron chi connectivity index (χ4n) is 4.60. The van der Waals surface area contributed by atoms with Gasteiger partial charge < -0.3 is 14.2 Å². The summed E-state index contributed by atoms with van der Waals surface area (Å²) in [7, 11) is 1.63. The van der Waals surface area contributed by atoms with Crippen LogP contribution in [-0.4, -0.2) is 49.5 Å². The third-order valence-corrected chi connectivity index (χ3v) is 6.33. The van der Waals surface area contributed by atoms with E-state index in [0.717, 1.165) is 36.8 Å². The number of methoxy groups -OCH3 is 1. The monoisotopic (exact) mass is 457 g/mol. The number of imidazole rings is 1.